The number of halogens is 1. The quantitative estimate of drug-likeness (QED) is 0.506. The van der Waals surface area contributed by atoms with E-state index in [-0.39, 0.29) is 5.91 Å². The molecule has 24 heavy (non-hydrogen) atoms. The highest BCUT2D eigenvalue weighted by molar-refractivity contribution is 9.10. The third-order valence-corrected chi connectivity index (χ3v) is 5.42. The molecule has 2 aromatic rings. The summed E-state index contributed by atoms with van der Waals surface area (Å²) in [5.74, 6) is 0.598. The summed E-state index contributed by atoms with van der Waals surface area (Å²) in [6, 6.07) is 13.4. The minimum absolute atomic E-state index is 0.110. The van der Waals surface area contributed by atoms with Crippen molar-refractivity contribution in [2.75, 3.05) is 12.0 Å². The molecule has 3 nitrogen and oxygen atoms in total. The number of para-hydroxylation sites is 1. The lowest BCUT2D eigenvalue weighted by molar-refractivity contribution is -0.113. The number of hydrogen-bond acceptors (Lipinski definition) is 4. The first-order valence-electron chi connectivity index (χ1n) is 7.18. The van der Waals surface area contributed by atoms with E-state index in [0.29, 0.717) is 15.0 Å². The Morgan fingerprint density at radius 3 is 2.71 bits per heavy atom. The van der Waals surface area contributed by atoms with Crippen LogP contribution in [-0.4, -0.2) is 17.3 Å². The van der Waals surface area contributed by atoms with Crippen LogP contribution in [0.5, 0.6) is 5.75 Å². The molecule has 0 atom stereocenters. The van der Waals surface area contributed by atoms with Gasteiger partial charge in [0.15, 0.2) is 4.32 Å². The lowest BCUT2D eigenvalue weighted by Gasteiger charge is -2.16. The smallest absolute Gasteiger partial charge is 0.270 e. The van der Waals surface area contributed by atoms with Crippen molar-refractivity contribution < 1.29 is 9.53 Å². The second-order valence-corrected chi connectivity index (χ2v) is 7.78. The normalized spacial score (nSPS) is 16.1. The Kier molecular flexibility index (Phi) is 5.08. The Balaban J connectivity index is 2.01. The summed E-state index contributed by atoms with van der Waals surface area (Å²) in [5.41, 5.74) is 2.66. The fourth-order valence-electron chi connectivity index (χ4n) is 2.45. The van der Waals surface area contributed by atoms with Crippen molar-refractivity contribution in [3.8, 4) is 5.75 Å². The zero-order chi connectivity index (χ0) is 17.3. The molecule has 3 rings (SSSR count). The first-order chi connectivity index (χ1) is 11.5. The third-order valence-electron chi connectivity index (χ3n) is 3.63. The number of methoxy groups -OCH3 is 1. The summed E-state index contributed by atoms with van der Waals surface area (Å²) >= 11 is 10.2. The second-order valence-electron chi connectivity index (χ2n) is 5.19. The molecule has 1 fully saturated rings. The summed E-state index contributed by atoms with van der Waals surface area (Å²) in [6.45, 7) is 1.97. The van der Waals surface area contributed by atoms with Crippen molar-refractivity contribution in [2.45, 2.75) is 6.92 Å². The molecule has 0 bridgehead atoms. The van der Waals surface area contributed by atoms with Crippen molar-refractivity contribution in [1.29, 1.82) is 0 Å². The van der Waals surface area contributed by atoms with E-state index in [0.717, 1.165) is 21.3 Å². The van der Waals surface area contributed by atoms with Crippen molar-refractivity contribution in [3.63, 3.8) is 0 Å². The summed E-state index contributed by atoms with van der Waals surface area (Å²) in [6.07, 6.45) is 1.82. The van der Waals surface area contributed by atoms with Gasteiger partial charge in [0.1, 0.15) is 5.75 Å². The fourth-order valence-corrected chi connectivity index (χ4v) is 4.10. The van der Waals surface area contributed by atoms with Gasteiger partial charge in [0, 0.05) is 10.0 Å². The Morgan fingerprint density at radius 2 is 2.00 bits per heavy atom. The Bertz CT molecular complexity index is 864. The maximum atomic E-state index is 12.9. The Hall–Kier alpha value is -1.63. The number of thiocarbonyl (C=S) groups is 1. The monoisotopic (exact) mass is 419 g/mol. The SMILES string of the molecule is COc1ccc(Br)cc1/C=C1\SC(=S)N(c2ccccc2C)C1=O. The van der Waals surface area contributed by atoms with Crippen LogP contribution >= 0.6 is 39.9 Å². The molecule has 0 unspecified atom stereocenters. The van der Waals surface area contributed by atoms with Crippen LogP contribution in [0.25, 0.3) is 6.08 Å². The van der Waals surface area contributed by atoms with Crippen LogP contribution in [0, 0.1) is 6.92 Å². The maximum absolute atomic E-state index is 12.9. The highest BCUT2D eigenvalue weighted by atomic mass is 79.9. The van der Waals surface area contributed by atoms with Crippen LogP contribution < -0.4 is 9.64 Å². The first-order valence-corrected chi connectivity index (χ1v) is 9.20. The van der Waals surface area contributed by atoms with E-state index in [4.69, 9.17) is 17.0 Å². The van der Waals surface area contributed by atoms with Gasteiger partial charge >= 0.3 is 0 Å². The summed E-state index contributed by atoms with van der Waals surface area (Å²) in [5, 5.41) is 0. The van der Waals surface area contributed by atoms with E-state index in [9.17, 15) is 4.79 Å². The number of carbonyl (C=O) groups is 1. The predicted molar refractivity (Wildman–Crippen MR) is 108 cm³/mol. The van der Waals surface area contributed by atoms with Gasteiger partial charge in [0.2, 0.25) is 0 Å². The van der Waals surface area contributed by atoms with Gasteiger partial charge in [0.25, 0.3) is 5.91 Å². The molecule has 0 saturated carbocycles. The summed E-state index contributed by atoms with van der Waals surface area (Å²) < 4.78 is 6.83. The number of hydrogen-bond donors (Lipinski definition) is 0. The number of aryl methyl sites for hydroxylation is 1. The molecule has 0 aromatic heterocycles. The van der Waals surface area contributed by atoms with Crippen LogP contribution in [0.1, 0.15) is 11.1 Å². The molecule has 1 aliphatic rings. The molecular formula is C18H14BrNO2S2. The number of anilines is 1. The lowest BCUT2D eigenvalue weighted by atomic mass is 10.1. The summed E-state index contributed by atoms with van der Waals surface area (Å²) in [7, 11) is 1.61. The minimum atomic E-state index is -0.110. The number of thioether (sulfide) groups is 1. The number of benzene rings is 2. The molecular weight excluding hydrogens is 406 g/mol. The van der Waals surface area contributed by atoms with Gasteiger partial charge in [-0.1, -0.05) is 58.1 Å². The van der Waals surface area contributed by atoms with Crippen molar-refractivity contribution >= 4 is 61.9 Å². The molecule has 6 heteroatoms. The number of rotatable bonds is 3. The van der Waals surface area contributed by atoms with Crippen LogP contribution in [0.3, 0.4) is 0 Å². The minimum Gasteiger partial charge on any atom is -0.496 e. The first kappa shape index (κ1) is 17.2. The molecule has 0 spiro atoms. The van der Waals surface area contributed by atoms with Crippen molar-refractivity contribution in [2.24, 2.45) is 0 Å². The van der Waals surface area contributed by atoms with E-state index in [2.05, 4.69) is 15.9 Å². The van der Waals surface area contributed by atoms with Crippen LogP contribution in [0.4, 0.5) is 5.69 Å². The van der Waals surface area contributed by atoms with E-state index in [1.807, 2.05) is 55.5 Å². The topological polar surface area (TPSA) is 29.5 Å². The molecule has 122 valence electrons. The fraction of sp³-hybridized carbons (Fsp3) is 0.111. The number of carbonyl (C=O) groups excluding carboxylic acids is 1. The van der Waals surface area contributed by atoms with Gasteiger partial charge in [-0.05, 0) is 42.8 Å². The number of amides is 1. The predicted octanol–water partition coefficient (Wildman–Crippen LogP) is 5.17. The zero-order valence-corrected chi connectivity index (χ0v) is 16.3. The number of nitrogens with zero attached hydrogens (tertiary/aromatic N) is 1. The molecule has 1 aliphatic heterocycles. The lowest BCUT2D eigenvalue weighted by Crippen LogP contribution is -2.28. The van der Waals surface area contributed by atoms with E-state index < -0.39 is 0 Å². The van der Waals surface area contributed by atoms with Crippen LogP contribution in [0.15, 0.2) is 51.8 Å². The van der Waals surface area contributed by atoms with E-state index in [1.165, 1.54) is 11.8 Å². The molecule has 2 aromatic carbocycles. The van der Waals surface area contributed by atoms with E-state index >= 15 is 0 Å². The molecule has 0 radical (unpaired) electrons. The van der Waals surface area contributed by atoms with Crippen molar-refractivity contribution in [3.05, 3.63) is 63.0 Å². The largest absolute Gasteiger partial charge is 0.496 e. The standard InChI is InChI=1S/C18H14BrNO2S2/c1-11-5-3-4-6-14(11)20-17(21)16(24-18(20)23)10-12-9-13(19)7-8-15(12)22-2/h3-10H,1-2H3/b16-10-. The maximum Gasteiger partial charge on any atom is 0.270 e. The van der Waals surface area contributed by atoms with Gasteiger partial charge in [-0.15, -0.1) is 0 Å². The van der Waals surface area contributed by atoms with Crippen LogP contribution in [-0.2, 0) is 4.79 Å². The van der Waals surface area contributed by atoms with Crippen molar-refractivity contribution in [1.82, 2.24) is 0 Å². The van der Waals surface area contributed by atoms with Gasteiger partial charge in [0.05, 0.1) is 17.7 Å². The Morgan fingerprint density at radius 1 is 1.25 bits per heavy atom. The molecule has 0 aliphatic carbocycles. The highest BCUT2D eigenvalue weighted by Crippen LogP contribution is 2.38. The third kappa shape index (κ3) is 3.27. The average Bonchev–Trinajstić information content (AvgIpc) is 2.82. The van der Waals surface area contributed by atoms with Gasteiger partial charge < -0.3 is 4.74 Å². The molecule has 1 heterocycles. The second kappa shape index (κ2) is 7.09. The average molecular weight is 420 g/mol. The van der Waals surface area contributed by atoms with Crippen LogP contribution in [0.2, 0.25) is 0 Å². The zero-order valence-electron chi connectivity index (χ0n) is 13.1. The van der Waals surface area contributed by atoms with E-state index in [1.54, 1.807) is 12.0 Å². The molecule has 1 saturated heterocycles. The number of ether oxygens (including phenoxy) is 1. The summed E-state index contributed by atoms with van der Waals surface area (Å²) in [4.78, 5) is 15.0. The van der Waals surface area contributed by atoms with Gasteiger partial charge in [-0.3, -0.25) is 9.69 Å². The van der Waals surface area contributed by atoms with Gasteiger partial charge in [-0.25, -0.2) is 0 Å². The van der Waals surface area contributed by atoms with Gasteiger partial charge in [-0.2, -0.15) is 0 Å². The Labute approximate surface area is 158 Å². The highest BCUT2D eigenvalue weighted by Gasteiger charge is 2.34. The molecule has 0 N–H and O–H groups in total. The molecule has 1 amide bonds.